The molecule has 0 unspecified atom stereocenters. The van der Waals surface area contributed by atoms with E-state index in [4.69, 9.17) is 9.47 Å². The number of aromatic nitrogens is 1. The summed E-state index contributed by atoms with van der Waals surface area (Å²) in [6.45, 7) is 0. The Hall–Kier alpha value is -2.23. The van der Waals surface area contributed by atoms with Crippen LogP contribution in [-0.4, -0.2) is 24.3 Å². The van der Waals surface area contributed by atoms with Gasteiger partial charge in [-0.2, -0.15) is 0 Å². The second-order valence-electron chi connectivity index (χ2n) is 4.56. The van der Waals surface area contributed by atoms with E-state index in [1.165, 1.54) is 5.56 Å². The lowest BCUT2D eigenvalue weighted by atomic mass is 10.0. The molecule has 4 heteroatoms. The monoisotopic (exact) mass is 273 g/mol. The summed E-state index contributed by atoms with van der Waals surface area (Å²) in [5.41, 5.74) is 2.10. The lowest BCUT2D eigenvalue weighted by Gasteiger charge is -2.07. The number of aromatic hydroxyl groups is 1. The number of methoxy groups -OCH3 is 2. The maximum atomic E-state index is 9.88. The van der Waals surface area contributed by atoms with E-state index in [-0.39, 0.29) is 5.75 Å². The van der Waals surface area contributed by atoms with Gasteiger partial charge in [-0.3, -0.25) is 0 Å². The van der Waals surface area contributed by atoms with E-state index in [1.54, 1.807) is 20.3 Å². The molecular weight excluding hydrogens is 254 g/mol. The number of rotatable bonds is 6. The summed E-state index contributed by atoms with van der Waals surface area (Å²) >= 11 is 0. The van der Waals surface area contributed by atoms with Gasteiger partial charge in [0, 0.05) is 18.3 Å². The average Bonchev–Trinajstić information content (AvgIpc) is 2.49. The normalized spacial score (nSPS) is 10.3. The predicted octanol–water partition coefficient (Wildman–Crippen LogP) is 2.98. The van der Waals surface area contributed by atoms with Crippen LogP contribution in [0.3, 0.4) is 0 Å². The molecule has 0 radical (unpaired) electrons. The van der Waals surface area contributed by atoms with Gasteiger partial charge in [0.25, 0.3) is 0 Å². The topological polar surface area (TPSA) is 51.6 Å². The molecule has 1 N–H and O–H groups in total. The molecule has 2 rings (SSSR count). The van der Waals surface area contributed by atoms with Crippen LogP contribution in [0.2, 0.25) is 0 Å². The number of hydrogen-bond donors (Lipinski definition) is 1. The van der Waals surface area contributed by atoms with Crippen molar-refractivity contribution in [2.24, 2.45) is 0 Å². The Morgan fingerprint density at radius 2 is 1.90 bits per heavy atom. The molecule has 0 fully saturated rings. The van der Waals surface area contributed by atoms with Gasteiger partial charge in [0.1, 0.15) is 11.5 Å². The van der Waals surface area contributed by atoms with E-state index in [1.807, 2.05) is 30.5 Å². The van der Waals surface area contributed by atoms with Crippen LogP contribution in [-0.2, 0) is 12.8 Å². The zero-order chi connectivity index (χ0) is 14.4. The third-order valence-electron chi connectivity index (χ3n) is 3.21. The zero-order valence-electron chi connectivity index (χ0n) is 11.8. The molecule has 0 atom stereocenters. The Labute approximate surface area is 119 Å². The number of phenolic OH excluding ortho intramolecular Hbond substituents is 1. The molecule has 0 bridgehead atoms. The van der Waals surface area contributed by atoms with Crippen LogP contribution in [0.4, 0.5) is 0 Å². The van der Waals surface area contributed by atoms with Gasteiger partial charge in [-0.25, -0.2) is 4.98 Å². The first kappa shape index (κ1) is 14.2. The Kier molecular flexibility index (Phi) is 4.82. The minimum atomic E-state index is 0.289. The number of nitrogens with zero attached hydrogens (tertiary/aromatic N) is 1. The van der Waals surface area contributed by atoms with Crippen molar-refractivity contribution in [3.8, 4) is 17.4 Å². The van der Waals surface area contributed by atoms with Crippen LogP contribution in [0.15, 0.2) is 36.5 Å². The van der Waals surface area contributed by atoms with Crippen LogP contribution in [0.1, 0.15) is 17.5 Å². The summed E-state index contributed by atoms with van der Waals surface area (Å²) < 4.78 is 10.1. The van der Waals surface area contributed by atoms with Gasteiger partial charge in [-0.1, -0.05) is 12.1 Å². The first-order valence-corrected chi connectivity index (χ1v) is 6.57. The van der Waals surface area contributed by atoms with Crippen molar-refractivity contribution < 1.29 is 14.6 Å². The van der Waals surface area contributed by atoms with Crippen LogP contribution in [0.5, 0.6) is 17.4 Å². The fourth-order valence-corrected chi connectivity index (χ4v) is 2.04. The maximum Gasteiger partial charge on any atom is 0.212 e. The van der Waals surface area contributed by atoms with Gasteiger partial charge in [-0.15, -0.1) is 0 Å². The van der Waals surface area contributed by atoms with E-state index < -0.39 is 0 Å². The summed E-state index contributed by atoms with van der Waals surface area (Å²) in [5.74, 6) is 1.59. The molecule has 0 saturated heterocycles. The molecule has 1 aromatic heterocycles. The lowest BCUT2D eigenvalue weighted by molar-refractivity contribution is 0.397. The molecule has 106 valence electrons. The number of phenols is 1. The highest BCUT2D eigenvalue weighted by molar-refractivity contribution is 5.39. The number of aryl methyl sites for hydroxylation is 2. The summed E-state index contributed by atoms with van der Waals surface area (Å²) in [5, 5.41) is 9.88. The van der Waals surface area contributed by atoms with Crippen molar-refractivity contribution in [2.45, 2.75) is 19.3 Å². The van der Waals surface area contributed by atoms with Gasteiger partial charge < -0.3 is 14.6 Å². The molecule has 0 aliphatic heterocycles. The van der Waals surface area contributed by atoms with Crippen molar-refractivity contribution in [3.63, 3.8) is 0 Å². The van der Waals surface area contributed by atoms with Crippen molar-refractivity contribution in [3.05, 3.63) is 47.7 Å². The van der Waals surface area contributed by atoms with Crippen molar-refractivity contribution in [1.82, 2.24) is 4.98 Å². The summed E-state index contributed by atoms with van der Waals surface area (Å²) in [4.78, 5) is 4.17. The number of hydrogen-bond acceptors (Lipinski definition) is 4. The van der Waals surface area contributed by atoms with Gasteiger partial charge in [-0.05, 0) is 36.5 Å². The lowest BCUT2D eigenvalue weighted by Crippen LogP contribution is -1.93. The molecular formula is C16H19NO3. The fraction of sp³-hybridized carbons (Fsp3) is 0.312. The van der Waals surface area contributed by atoms with Crippen LogP contribution >= 0.6 is 0 Å². The van der Waals surface area contributed by atoms with Crippen molar-refractivity contribution in [2.75, 3.05) is 14.2 Å². The first-order chi connectivity index (χ1) is 9.72. The Morgan fingerprint density at radius 3 is 2.50 bits per heavy atom. The van der Waals surface area contributed by atoms with Gasteiger partial charge in [0.15, 0.2) is 0 Å². The molecule has 20 heavy (non-hydrogen) atoms. The molecule has 1 aromatic carbocycles. The van der Waals surface area contributed by atoms with E-state index in [0.29, 0.717) is 11.6 Å². The highest BCUT2D eigenvalue weighted by atomic mass is 16.5. The van der Waals surface area contributed by atoms with Crippen molar-refractivity contribution >= 4 is 0 Å². The fourth-order valence-electron chi connectivity index (χ4n) is 2.04. The number of ether oxygens (including phenoxy) is 2. The molecule has 0 aliphatic rings. The molecule has 0 spiro atoms. The van der Waals surface area contributed by atoms with Crippen molar-refractivity contribution in [1.29, 1.82) is 0 Å². The quantitative estimate of drug-likeness (QED) is 0.879. The van der Waals surface area contributed by atoms with E-state index in [9.17, 15) is 5.11 Å². The van der Waals surface area contributed by atoms with Gasteiger partial charge in [0.05, 0.1) is 14.2 Å². The largest absolute Gasteiger partial charge is 0.508 e. The van der Waals surface area contributed by atoms with Gasteiger partial charge >= 0.3 is 0 Å². The Bertz CT molecular complexity index is 552. The first-order valence-electron chi connectivity index (χ1n) is 6.57. The highest BCUT2D eigenvalue weighted by Crippen LogP contribution is 2.24. The van der Waals surface area contributed by atoms with Crippen LogP contribution in [0, 0.1) is 0 Å². The molecule has 0 saturated carbocycles. The SMILES string of the molecule is COc1ccc(CCCc2ccc(OC)nc2)c(O)c1. The summed E-state index contributed by atoms with van der Waals surface area (Å²) in [7, 11) is 3.19. The number of benzene rings is 1. The Balaban J connectivity index is 1.88. The predicted molar refractivity (Wildman–Crippen MR) is 77.5 cm³/mol. The molecule has 0 amide bonds. The average molecular weight is 273 g/mol. The molecule has 2 aromatic rings. The third kappa shape index (κ3) is 3.63. The van der Waals surface area contributed by atoms with E-state index in [0.717, 1.165) is 24.8 Å². The van der Waals surface area contributed by atoms with Crippen LogP contribution < -0.4 is 9.47 Å². The van der Waals surface area contributed by atoms with E-state index >= 15 is 0 Å². The highest BCUT2D eigenvalue weighted by Gasteiger charge is 2.03. The second-order valence-corrected chi connectivity index (χ2v) is 4.56. The minimum Gasteiger partial charge on any atom is -0.508 e. The standard InChI is InChI=1S/C16H19NO3/c1-19-14-8-7-13(15(18)10-14)5-3-4-12-6-9-16(20-2)17-11-12/h6-11,18H,3-5H2,1-2H3. The zero-order valence-corrected chi connectivity index (χ0v) is 11.8. The minimum absolute atomic E-state index is 0.289. The Morgan fingerprint density at radius 1 is 1.05 bits per heavy atom. The smallest absolute Gasteiger partial charge is 0.212 e. The van der Waals surface area contributed by atoms with Gasteiger partial charge in [0.2, 0.25) is 5.88 Å². The number of pyridine rings is 1. The summed E-state index contributed by atoms with van der Waals surface area (Å²) in [6.07, 6.45) is 4.52. The molecule has 0 aliphatic carbocycles. The molecule has 1 heterocycles. The molecule has 4 nitrogen and oxygen atoms in total. The summed E-state index contributed by atoms with van der Waals surface area (Å²) in [6, 6.07) is 9.29. The third-order valence-corrected chi connectivity index (χ3v) is 3.21. The second kappa shape index (κ2) is 6.80. The van der Waals surface area contributed by atoms with Crippen LogP contribution in [0.25, 0.3) is 0 Å². The van der Waals surface area contributed by atoms with E-state index in [2.05, 4.69) is 4.98 Å². The maximum absolute atomic E-state index is 9.88.